The molecule has 1 fully saturated rings. The maximum Gasteiger partial charge on any atom is 0.135 e. The zero-order valence-corrected chi connectivity index (χ0v) is 14.5. The lowest BCUT2D eigenvalue weighted by molar-refractivity contribution is 0.859. The van der Waals surface area contributed by atoms with Gasteiger partial charge < -0.3 is 5.32 Å². The van der Waals surface area contributed by atoms with E-state index in [1.165, 1.54) is 12.8 Å². The number of aromatic nitrogens is 3. The first-order valence-corrected chi connectivity index (χ1v) is 8.70. The molecule has 6 heteroatoms. The molecule has 2 aromatic rings. The topological polar surface area (TPSA) is 50.7 Å². The smallest absolute Gasteiger partial charge is 0.135 e. The number of pyridine rings is 1. The first-order chi connectivity index (χ1) is 10.2. The summed E-state index contributed by atoms with van der Waals surface area (Å²) < 4.78 is 0.985. The van der Waals surface area contributed by atoms with Gasteiger partial charge >= 0.3 is 0 Å². The molecule has 1 N–H and O–H groups in total. The molecule has 4 nitrogen and oxygen atoms in total. The van der Waals surface area contributed by atoms with Gasteiger partial charge in [0.2, 0.25) is 0 Å². The van der Waals surface area contributed by atoms with Crippen LogP contribution in [-0.2, 0) is 0 Å². The molecule has 0 aliphatic heterocycles. The van der Waals surface area contributed by atoms with Crippen molar-refractivity contribution in [3.05, 3.63) is 34.2 Å². The van der Waals surface area contributed by atoms with Gasteiger partial charge in [0.1, 0.15) is 21.7 Å². The number of anilines is 1. The molecule has 0 spiro atoms. The lowest BCUT2D eigenvalue weighted by Crippen LogP contribution is -2.07. The van der Waals surface area contributed by atoms with Crippen molar-refractivity contribution in [3.63, 3.8) is 0 Å². The third-order valence-corrected chi connectivity index (χ3v) is 4.82. The number of rotatable bonds is 5. The Hall–Kier alpha value is -1.14. The van der Waals surface area contributed by atoms with E-state index in [1.54, 1.807) is 11.8 Å². The number of hydrogen-bond acceptors (Lipinski definition) is 5. The molecule has 2 aromatic heterocycles. The minimum Gasteiger partial charge on any atom is -0.370 e. The second kappa shape index (κ2) is 6.32. The minimum atomic E-state index is 0.542. The first-order valence-electron chi connectivity index (χ1n) is 7.09. The average molecular weight is 365 g/mol. The summed E-state index contributed by atoms with van der Waals surface area (Å²) in [6, 6.07) is 4.00. The Morgan fingerprint density at radius 2 is 2.14 bits per heavy atom. The van der Waals surface area contributed by atoms with Crippen LogP contribution in [0.25, 0.3) is 0 Å². The van der Waals surface area contributed by atoms with E-state index < -0.39 is 0 Å². The molecule has 110 valence electrons. The van der Waals surface area contributed by atoms with Crippen LogP contribution in [0, 0.1) is 6.92 Å². The SMILES string of the molecule is CCNc1nc(C2CC2)nc(Sc2ccc(Br)cn2)c1C. The third-order valence-electron chi connectivity index (χ3n) is 3.31. The maximum absolute atomic E-state index is 4.76. The average Bonchev–Trinajstić information content (AvgIpc) is 3.30. The van der Waals surface area contributed by atoms with Gasteiger partial charge in [0.25, 0.3) is 0 Å². The molecule has 21 heavy (non-hydrogen) atoms. The molecule has 0 aromatic carbocycles. The highest BCUT2D eigenvalue weighted by Gasteiger charge is 2.28. The molecule has 1 saturated carbocycles. The van der Waals surface area contributed by atoms with Crippen molar-refractivity contribution in [2.45, 2.75) is 42.7 Å². The summed E-state index contributed by atoms with van der Waals surface area (Å²) in [6.45, 7) is 5.01. The minimum absolute atomic E-state index is 0.542. The standard InChI is InChI=1S/C15H17BrN4S/c1-3-17-13-9(2)15(20-14(19-13)10-4-5-10)21-12-7-6-11(16)8-18-12/h6-8,10H,3-5H2,1-2H3,(H,17,19,20). The Kier molecular flexibility index (Phi) is 4.45. The van der Waals surface area contributed by atoms with Crippen LogP contribution in [0.4, 0.5) is 5.82 Å². The summed E-state index contributed by atoms with van der Waals surface area (Å²) in [4.78, 5) is 13.8. The van der Waals surface area contributed by atoms with Crippen LogP contribution in [0.3, 0.4) is 0 Å². The number of nitrogens with zero attached hydrogens (tertiary/aromatic N) is 3. The Bertz CT molecular complexity index is 641. The molecular formula is C15H17BrN4S. The van der Waals surface area contributed by atoms with Crippen LogP contribution in [0.2, 0.25) is 0 Å². The molecule has 0 amide bonds. The highest BCUT2D eigenvalue weighted by molar-refractivity contribution is 9.10. The van der Waals surface area contributed by atoms with Crippen molar-refractivity contribution >= 4 is 33.5 Å². The van der Waals surface area contributed by atoms with E-state index in [-0.39, 0.29) is 0 Å². The van der Waals surface area contributed by atoms with Crippen molar-refractivity contribution in [1.82, 2.24) is 15.0 Å². The quantitative estimate of drug-likeness (QED) is 0.796. The third kappa shape index (κ3) is 3.55. The van der Waals surface area contributed by atoms with Gasteiger partial charge in [-0.15, -0.1) is 0 Å². The highest BCUT2D eigenvalue weighted by atomic mass is 79.9. The van der Waals surface area contributed by atoms with E-state index >= 15 is 0 Å². The fourth-order valence-corrected chi connectivity index (χ4v) is 3.06. The van der Waals surface area contributed by atoms with E-state index in [4.69, 9.17) is 4.98 Å². The fraction of sp³-hybridized carbons (Fsp3) is 0.400. The fourth-order valence-electron chi connectivity index (χ4n) is 2.00. The predicted molar refractivity (Wildman–Crippen MR) is 89.0 cm³/mol. The molecule has 3 rings (SSSR count). The molecular weight excluding hydrogens is 348 g/mol. The molecule has 2 heterocycles. The summed E-state index contributed by atoms with van der Waals surface area (Å²) in [5.41, 5.74) is 1.09. The summed E-state index contributed by atoms with van der Waals surface area (Å²) in [6.07, 6.45) is 4.22. The van der Waals surface area contributed by atoms with E-state index in [0.29, 0.717) is 5.92 Å². The molecule has 0 bridgehead atoms. The van der Waals surface area contributed by atoms with Crippen LogP contribution in [0.5, 0.6) is 0 Å². The molecule has 0 saturated heterocycles. The van der Waals surface area contributed by atoms with Crippen LogP contribution in [-0.4, -0.2) is 21.5 Å². The highest BCUT2D eigenvalue weighted by Crippen LogP contribution is 2.40. The van der Waals surface area contributed by atoms with Gasteiger partial charge in [0.15, 0.2) is 0 Å². The van der Waals surface area contributed by atoms with Gasteiger partial charge in [0, 0.05) is 28.7 Å². The van der Waals surface area contributed by atoms with Crippen LogP contribution in [0.15, 0.2) is 32.9 Å². The first kappa shape index (κ1) is 14.8. The van der Waals surface area contributed by atoms with Crippen LogP contribution in [0.1, 0.15) is 37.1 Å². The van der Waals surface area contributed by atoms with Crippen molar-refractivity contribution in [1.29, 1.82) is 0 Å². The summed E-state index contributed by atoms with van der Waals surface area (Å²) in [7, 11) is 0. The van der Waals surface area contributed by atoms with Crippen molar-refractivity contribution < 1.29 is 0 Å². The summed E-state index contributed by atoms with van der Waals surface area (Å²) >= 11 is 5.01. The van der Waals surface area contributed by atoms with Gasteiger partial charge in [-0.3, -0.25) is 0 Å². The monoisotopic (exact) mass is 364 g/mol. The van der Waals surface area contributed by atoms with Gasteiger partial charge in [-0.05, 0) is 66.5 Å². The van der Waals surface area contributed by atoms with Gasteiger partial charge in [0.05, 0.1) is 0 Å². The number of halogens is 1. The Morgan fingerprint density at radius 3 is 2.76 bits per heavy atom. The lowest BCUT2D eigenvalue weighted by Gasteiger charge is -2.12. The van der Waals surface area contributed by atoms with E-state index in [0.717, 1.165) is 38.3 Å². The lowest BCUT2D eigenvalue weighted by atomic mass is 10.3. The number of nitrogens with one attached hydrogen (secondary N) is 1. The maximum atomic E-state index is 4.76. The van der Waals surface area contributed by atoms with E-state index in [2.05, 4.69) is 45.1 Å². The zero-order valence-electron chi connectivity index (χ0n) is 12.1. The van der Waals surface area contributed by atoms with Gasteiger partial charge in [-0.2, -0.15) is 0 Å². The van der Waals surface area contributed by atoms with Gasteiger partial charge in [-0.25, -0.2) is 15.0 Å². The Labute approximate surface area is 137 Å². The van der Waals surface area contributed by atoms with Gasteiger partial charge in [-0.1, -0.05) is 0 Å². The molecule has 0 atom stereocenters. The van der Waals surface area contributed by atoms with Crippen molar-refractivity contribution in [2.75, 3.05) is 11.9 Å². The van der Waals surface area contributed by atoms with Crippen LogP contribution < -0.4 is 5.32 Å². The molecule has 0 radical (unpaired) electrons. The molecule has 1 aliphatic rings. The van der Waals surface area contributed by atoms with Crippen molar-refractivity contribution in [2.24, 2.45) is 0 Å². The van der Waals surface area contributed by atoms with E-state index in [9.17, 15) is 0 Å². The largest absolute Gasteiger partial charge is 0.370 e. The number of hydrogen-bond donors (Lipinski definition) is 1. The molecule has 0 unspecified atom stereocenters. The second-order valence-electron chi connectivity index (χ2n) is 5.08. The second-order valence-corrected chi connectivity index (χ2v) is 7.01. The predicted octanol–water partition coefficient (Wildman–Crippen LogP) is 4.40. The van der Waals surface area contributed by atoms with Crippen LogP contribution >= 0.6 is 27.7 Å². The summed E-state index contributed by atoms with van der Waals surface area (Å²) in [5, 5.41) is 5.29. The van der Waals surface area contributed by atoms with E-state index in [1.807, 2.05) is 18.3 Å². The zero-order chi connectivity index (χ0) is 14.8. The van der Waals surface area contributed by atoms with Crippen molar-refractivity contribution in [3.8, 4) is 0 Å². The Balaban J connectivity index is 1.93. The normalized spacial score (nSPS) is 14.2. The summed E-state index contributed by atoms with van der Waals surface area (Å²) in [5.74, 6) is 2.46. The molecule has 1 aliphatic carbocycles. The Morgan fingerprint density at radius 1 is 1.33 bits per heavy atom.